The number of aromatic amines is 1. The van der Waals surface area contributed by atoms with Crippen molar-refractivity contribution in [2.75, 3.05) is 0 Å². The zero-order chi connectivity index (χ0) is 30.3. The van der Waals surface area contributed by atoms with Crippen LogP contribution in [0.4, 0.5) is 0 Å². The van der Waals surface area contributed by atoms with Crippen molar-refractivity contribution in [3.63, 3.8) is 0 Å². The minimum absolute atomic E-state index is 0.00483. The third-order valence-corrected chi connectivity index (χ3v) is 6.81. The van der Waals surface area contributed by atoms with Crippen molar-refractivity contribution >= 4 is 34.6 Å². The number of fused-ring (bicyclic) bond motifs is 1. The summed E-state index contributed by atoms with van der Waals surface area (Å²) in [6.07, 6.45) is 0.219. The lowest BCUT2D eigenvalue weighted by Crippen LogP contribution is -2.60. The quantitative estimate of drug-likeness (QED) is 0.146. The van der Waals surface area contributed by atoms with E-state index in [2.05, 4.69) is 20.9 Å². The van der Waals surface area contributed by atoms with E-state index in [1.807, 2.05) is 24.3 Å². The Hall–Kier alpha value is -4.42. The summed E-state index contributed by atoms with van der Waals surface area (Å²) in [7, 11) is 0. The normalized spacial score (nSPS) is 15.0. The van der Waals surface area contributed by atoms with E-state index in [4.69, 9.17) is 5.73 Å². The average Bonchev–Trinajstić information content (AvgIpc) is 3.33. The molecule has 0 saturated carbocycles. The number of carbonyl (C=O) groups excluding carboxylic acids is 3. The SMILES string of the molecule is CC(C)C(N)C(=O)NC(Cc1ccc(O)cc1)C(=O)NC(C(=O)NC(Cc1c[nH]c2ccccc12)C(=O)O)C(C)O. The number of aliphatic hydroxyl groups is 1. The van der Waals surface area contributed by atoms with Crippen LogP contribution in [0.2, 0.25) is 0 Å². The van der Waals surface area contributed by atoms with E-state index in [0.717, 1.165) is 10.9 Å². The molecule has 0 aliphatic heterocycles. The molecule has 0 bridgehead atoms. The lowest BCUT2D eigenvalue weighted by molar-refractivity contribution is -0.143. The number of hydrogen-bond acceptors (Lipinski definition) is 7. The number of H-pyrrole nitrogens is 1. The molecular formula is C29H37N5O7. The largest absolute Gasteiger partial charge is 0.508 e. The molecule has 5 unspecified atom stereocenters. The molecule has 0 spiro atoms. The van der Waals surface area contributed by atoms with Gasteiger partial charge in [0.15, 0.2) is 0 Å². The number of rotatable bonds is 13. The summed E-state index contributed by atoms with van der Waals surface area (Å²) in [4.78, 5) is 54.3. The lowest BCUT2D eigenvalue weighted by Gasteiger charge is -2.27. The second kappa shape index (κ2) is 13.8. The number of hydrogen-bond donors (Lipinski definition) is 8. The van der Waals surface area contributed by atoms with E-state index in [9.17, 15) is 34.5 Å². The maximum Gasteiger partial charge on any atom is 0.326 e. The van der Waals surface area contributed by atoms with Crippen molar-refractivity contribution in [3.05, 3.63) is 65.9 Å². The van der Waals surface area contributed by atoms with Crippen LogP contribution >= 0.6 is 0 Å². The second-order valence-corrected chi connectivity index (χ2v) is 10.4. The molecule has 12 heteroatoms. The highest BCUT2D eigenvalue weighted by atomic mass is 16.4. The van der Waals surface area contributed by atoms with Crippen LogP contribution in [0.3, 0.4) is 0 Å². The summed E-state index contributed by atoms with van der Waals surface area (Å²) in [6, 6.07) is 8.36. The van der Waals surface area contributed by atoms with E-state index in [1.165, 1.54) is 19.1 Å². The second-order valence-electron chi connectivity index (χ2n) is 10.4. The Balaban J connectivity index is 1.77. The highest BCUT2D eigenvalue weighted by molar-refractivity contribution is 5.95. The molecular weight excluding hydrogens is 530 g/mol. The highest BCUT2D eigenvalue weighted by Crippen LogP contribution is 2.19. The highest BCUT2D eigenvalue weighted by Gasteiger charge is 2.33. The van der Waals surface area contributed by atoms with Crippen molar-refractivity contribution in [1.82, 2.24) is 20.9 Å². The molecule has 0 radical (unpaired) electrons. The predicted octanol–water partition coefficient (Wildman–Crippen LogP) is 0.562. The van der Waals surface area contributed by atoms with Crippen LogP contribution in [0, 0.1) is 5.92 Å². The van der Waals surface area contributed by atoms with Crippen LogP contribution < -0.4 is 21.7 Å². The number of nitrogens with two attached hydrogens (primary N) is 1. The van der Waals surface area contributed by atoms with E-state index >= 15 is 0 Å². The Labute approximate surface area is 237 Å². The summed E-state index contributed by atoms with van der Waals surface area (Å²) < 4.78 is 0. The van der Waals surface area contributed by atoms with Crippen LogP contribution in [0.1, 0.15) is 31.9 Å². The molecule has 2 aromatic carbocycles. The first-order valence-corrected chi connectivity index (χ1v) is 13.3. The third kappa shape index (κ3) is 8.29. The zero-order valence-electron chi connectivity index (χ0n) is 23.1. The van der Waals surface area contributed by atoms with Gasteiger partial charge >= 0.3 is 5.97 Å². The molecule has 9 N–H and O–H groups in total. The van der Waals surface area contributed by atoms with Crippen molar-refractivity contribution in [2.24, 2.45) is 11.7 Å². The van der Waals surface area contributed by atoms with Gasteiger partial charge in [0.1, 0.15) is 23.9 Å². The molecule has 1 heterocycles. The number of amides is 3. The van der Waals surface area contributed by atoms with E-state index < -0.39 is 54.0 Å². The topological polar surface area (TPSA) is 207 Å². The predicted molar refractivity (Wildman–Crippen MR) is 152 cm³/mol. The fourth-order valence-corrected chi connectivity index (χ4v) is 4.29. The van der Waals surface area contributed by atoms with Gasteiger partial charge in [0.05, 0.1) is 12.1 Å². The summed E-state index contributed by atoms with van der Waals surface area (Å²) in [5, 5.41) is 38.0. The fraction of sp³-hybridized carbons (Fsp3) is 0.379. The minimum Gasteiger partial charge on any atom is -0.508 e. The average molecular weight is 568 g/mol. The van der Waals surface area contributed by atoms with E-state index in [1.54, 1.807) is 32.2 Å². The van der Waals surface area contributed by atoms with Gasteiger partial charge in [-0.25, -0.2) is 4.79 Å². The Kier molecular flexibility index (Phi) is 10.5. The van der Waals surface area contributed by atoms with E-state index in [-0.39, 0.29) is 24.5 Å². The molecule has 220 valence electrons. The number of carboxylic acid groups (broad SMARTS) is 1. The summed E-state index contributed by atoms with van der Waals surface area (Å²) in [5.41, 5.74) is 8.04. The number of carbonyl (C=O) groups is 4. The number of benzene rings is 2. The molecule has 12 nitrogen and oxygen atoms in total. The lowest BCUT2D eigenvalue weighted by atomic mass is 10.0. The van der Waals surface area contributed by atoms with Crippen LogP contribution in [0.5, 0.6) is 5.75 Å². The van der Waals surface area contributed by atoms with Gasteiger partial charge in [-0.05, 0) is 42.2 Å². The van der Waals surface area contributed by atoms with Crippen LogP contribution in [0.25, 0.3) is 10.9 Å². The number of aromatic hydroxyl groups is 1. The van der Waals surface area contributed by atoms with Gasteiger partial charge in [-0.15, -0.1) is 0 Å². The standard InChI is InChI=1S/C29H37N5O7/c1-15(2)24(30)27(38)32-22(12-17-8-10-19(36)11-9-17)26(37)34-25(16(3)35)28(39)33-23(29(40)41)13-18-14-31-21-7-5-4-6-20(18)21/h4-11,14-16,22-25,31,35-36H,12-13,30H2,1-3H3,(H,32,38)(H,33,39)(H,34,37)(H,40,41). The van der Waals surface area contributed by atoms with Gasteiger partial charge in [-0.2, -0.15) is 0 Å². The van der Waals surface area contributed by atoms with Gasteiger partial charge in [-0.1, -0.05) is 44.2 Å². The van der Waals surface area contributed by atoms with Crippen LogP contribution in [-0.4, -0.2) is 74.3 Å². The molecule has 1 aromatic heterocycles. The number of nitrogens with one attached hydrogen (secondary N) is 4. The molecule has 0 fully saturated rings. The summed E-state index contributed by atoms with van der Waals surface area (Å²) in [6.45, 7) is 4.78. The van der Waals surface area contributed by atoms with Crippen LogP contribution in [0.15, 0.2) is 54.7 Å². The maximum atomic E-state index is 13.4. The Bertz CT molecular complexity index is 1370. The Morgan fingerprint density at radius 1 is 0.854 bits per heavy atom. The number of aliphatic hydroxyl groups excluding tert-OH is 1. The zero-order valence-corrected chi connectivity index (χ0v) is 23.1. The third-order valence-electron chi connectivity index (χ3n) is 6.81. The Morgan fingerprint density at radius 2 is 1.49 bits per heavy atom. The molecule has 5 atom stereocenters. The van der Waals surface area contributed by atoms with Crippen molar-refractivity contribution in [3.8, 4) is 5.75 Å². The molecule has 41 heavy (non-hydrogen) atoms. The first-order chi connectivity index (χ1) is 19.4. The smallest absolute Gasteiger partial charge is 0.326 e. The summed E-state index contributed by atoms with van der Waals surface area (Å²) >= 11 is 0. The number of aliphatic carboxylic acids is 1. The number of carboxylic acids is 1. The van der Waals surface area contributed by atoms with Crippen molar-refractivity contribution in [1.29, 1.82) is 0 Å². The first kappa shape index (κ1) is 31.1. The molecule has 0 aliphatic carbocycles. The number of para-hydroxylation sites is 1. The maximum absolute atomic E-state index is 13.4. The van der Waals surface area contributed by atoms with Gasteiger partial charge < -0.3 is 42.0 Å². The van der Waals surface area contributed by atoms with E-state index in [0.29, 0.717) is 11.1 Å². The fourth-order valence-electron chi connectivity index (χ4n) is 4.29. The Morgan fingerprint density at radius 3 is 2.10 bits per heavy atom. The number of phenols is 1. The number of aromatic nitrogens is 1. The summed E-state index contributed by atoms with van der Waals surface area (Å²) in [5.74, 6) is -3.76. The molecule has 0 aliphatic rings. The molecule has 3 aromatic rings. The van der Waals surface area contributed by atoms with Crippen molar-refractivity contribution < 1.29 is 34.5 Å². The molecule has 0 saturated heterocycles. The van der Waals surface area contributed by atoms with Gasteiger partial charge in [-0.3, -0.25) is 14.4 Å². The van der Waals surface area contributed by atoms with Crippen molar-refractivity contribution in [2.45, 2.75) is 63.9 Å². The molecule has 3 amide bonds. The van der Waals surface area contributed by atoms with Gasteiger partial charge in [0, 0.05) is 29.9 Å². The number of phenolic OH excluding ortho intramolecular Hbond substituents is 1. The monoisotopic (exact) mass is 567 g/mol. The van der Waals surface area contributed by atoms with Gasteiger partial charge in [0.25, 0.3) is 0 Å². The van der Waals surface area contributed by atoms with Crippen LogP contribution in [-0.2, 0) is 32.0 Å². The van der Waals surface area contributed by atoms with Gasteiger partial charge in [0.2, 0.25) is 17.7 Å². The minimum atomic E-state index is -1.52. The first-order valence-electron chi connectivity index (χ1n) is 13.3. The molecule has 3 rings (SSSR count).